The molecule has 1 fully saturated rings. The highest BCUT2D eigenvalue weighted by Gasteiger charge is 2.24. The second-order valence-corrected chi connectivity index (χ2v) is 8.12. The normalized spacial score (nSPS) is 14.5. The van der Waals surface area contributed by atoms with E-state index in [9.17, 15) is 13.2 Å². The minimum Gasteiger partial charge on any atom is -0.496 e. The van der Waals surface area contributed by atoms with Crippen molar-refractivity contribution in [2.24, 2.45) is 0 Å². The van der Waals surface area contributed by atoms with Gasteiger partial charge in [-0.2, -0.15) is 0 Å². The second-order valence-electron chi connectivity index (χ2n) is 6.44. The molecule has 3 rings (SSSR count). The predicted molar refractivity (Wildman–Crippen MR) is 99.2 cm³/mol. The lowest BCUT2D eigenvalue weighted by atomic mass is 10.1. The van der Waals surface area contributed by atoms with E-state index in [2.05, 4.69) is 9.71 Å². The Kier molecular flexibility index (Phi) is 4.95. The van der Waals surface area contributed by atoms with Crippen molar-refractivity contribution in [2.45, 2.75) is 31.6 Å². The zero-order valence-corrected chi connectivity index (χ0v) is 15.9. The fraction of sp³-hybridized carbons (Fsp3) is 0.389. The Morgan fingerprint density at radius 3 is 2.58 bits per heavy atom. The SMILES string of the molecule is COc1c(C)ccc(NS(=O)(=O)c2c[nH]c(C(=O)N3CCCC3)c2)c1C. The fourth-order valence-corrected chi connectivity index (χ4v) is 4.31. The molecule has 2 heterocycles. The van der Waals surface area contributed by atoms with Crippen LogP contribution in [0.4, 0.5) is 5.69 Å². The predicted octanol–water partition coefficient (Wildman–Crippen LogP) is 2.68. The number of rotatable bonds is 5. The van der Waals surface area contributed by atoms with Crippen molar-refractivity contribution in [3.8, 4) is 5.75 Å². The highest BCUT2D eigenvalue weighted by molar-refractivity contribution is 7.92. The summed E-state index contributed by atoms with van der Waals surface area (Å²) >= 11 is 0. The van der Waals surface area contributed by atoms with E-state index in [1.807, 2.05) is 6.92 Å². The van der Waals surface area contributed by atoms with Crippen LogP contribution in [0.25, 0.3) is 0 Å². The number of aromatic amines is 1. The summed E-state index contributed by atoms with van der Waals surface area (Å²) in [5.74, 6) is 0.473. The van der Waals surface area contributed by atoms with Crippen molar-refractivity contribution in [1.29, 1.82) is 0 Å². The van der Waals surface area contributed by atoms with Crippen LogP contribution in [-0.2, 0) is 10.0 Å². The van der Waals surface area contributed by atoms with Gasteiger partial charge in [0.05, 0.1) is 12.8 Å². The summed E-state index contributed by atoms with van der Waals surface area (Å²) in [5, 5.41) is 0. The number of anilines is 1. The maximum Gasteiger partial charge on any atom is 0.270 e. The quantitative estimate of drug-likeness (QED) is 0.838. The van der Waals surface area contributed by atoms with E-state index in [0.717, 1.165) is 18.4 Å². The lowest BCUT2D eigenvalue weighted by Gasteiger charge is -2.14. The van der Waals surface area contributed by atoms with Crippen molar-refractivity contribution in [2.75, 3.05) is 24.9 Å². The second kappa shape index (κ2) is 7.03. The molecule has 1 aromatic heterocycles. The van der Waals surface area contributed by atoms with Gasteiger partial charge in [0, 0.05) is 24.8 Å². The van der Waals surface area contributed by atoms with Crippen LogP contribution in [0.2, 0.25) is 0 Å². The number of amides is 1. The molecule has 1 amide bonds. The van der Waals surface area contributed by atoms with Crippen LogP contribution < -0.4 is 9.46 Å². The van der Waals surface area contributed by atoms with Crippen molar-refractivity contribution in [3.05, 3.63) is 41.2 Å². The number of H-pyrrole nitrogens is 1. The molecule has 0 saturated carbocycles. The number of benzene rings is 1. The maximum absolute atomic E-state index is 12.7. The minimum absolute atomic E-state index is 0.0268. The van der Waals surface area contributed by atoms with Gasteiger partial charge >= 0.3 is 0 Å². The van der Waals surface area contributed by atoms with E-state index in [0.29, 0.717) is 30.1 Å². The van der Waals surface area contributed by atoms with E-state index in [1.165, 1.54) is 12.3 Å². The Labute approximate surface area is 153 Å². The number of carbonyl (C=O) groups excluding carboxylic acids is 1. The number of aryl methyl sites for hydroxylation is 1. The molecule has 1 aliphatic heterocycles. The van der Waals surface area contributed by atoms with Gasteiger partial charge in [0.1, 0.15) is 16.3 Å². The third-order valence-corrected chi connectivity index (χ3v) is 5.99. The Morgan fingerprint density at radius 2 is 1.92 bits per heavy atom. The highest BCUT2D eigenvalue weighted by Crippen LogP contribution is 2.30. The molecule has 0 aliphatic carbocycles. The van der Waals surface area contributed by atoms with Crippen LogP contribution in [0.3, 0.4) is 0 Å². The molecule has 8 heteroatoms. The first-order valence-corrected chi connectivity index (χ1v) is 9.96. The van der Waals surface area contributed by atoms with Crippen molar-refractivity contribution in [1.82, 2.24) is 9.88 Å². The van der Waals surface area contributed by atoms with E-state index in [1.54, 1.807) is 31.1 Å². The van der Waals surface area contributed by atoms with Gasteiger partial charge in [-0.15, -0.1) is 0 Å². The van der Waals surface area contributed by atoms with Gasteiger partial charge in [-0.05, 0) is 44.4 Å². The molecule has 7 nitrogen and oxygen atoms in total. The molecule has 1 aliphatic rings. The Hall–Kier alpha value is -2.48. The third kappa shape index (κ3) is 3.41. The zero-order chi connectivity index (χ0) is 18.9. The molecule has 1 aromatic carbocycles. The molecule has 0 radical (unpaired) electrons. The van der Waals surface area contributed by atoms with E-state index >= 15 is 0 Å². The van der Waals surface area contributed by atoms with Gasteiger partial charge in [-0.1, -0.05) is 6.07 Å². The van der Waals surface area contributed by atoms with E-state index < -0.39 is 10.0 Å². The van der Waals surface area contributed by atoms with Crippen molar-refractivity contribution in [3.63, 3.8) is 0 Å². The molecule has 140 valence electrons. The van der Waals surface area contributed by atoms with Crippen LogP contribution in [0.1, 0.15) is 34.5 Å². The number of methoxy groups -OCH3 is 1. The third-order valence-electron chi connectivity index (χ3n) is 4.64. The summed E-state index contributed by atoms with van der Waals surface area (Å²) in [6.45, 7) is 5.11. The van der Waals surface area contributed by atoms with Gasteiger partial charge in [-0.3, -0.25) is 9.52 Å². The Balaban J connectivity index is 1.84. The van der Waals surface area contributed by atoms with Crippen molar-refractivity contribution >= 4 is 21.6 Å². The lowest BCUT2D eigenvalue weighted by Crippen LogP contribution is -2.27. The van der Waals surface area contributed by atoms with Crippen LogP contribution in [0, 0.1) is 13.8 Å². The summed E-state index contributed by atoms with van der Waals surface area (Å²) < 4.78 is 33.3. The monoisotopic (exact) mass is 377 g/mol. The molecule has 26 heavy (non-hydrogen) atoms. The number of ether oxygens (including phenoxy) is 1. The first-order chi connectivity index (χ1) is 12.3. The standard InChI is InChI=1S/C18H23N3O4S/c1-12-6-7-15(13(2)17(12)25-3)20-26(23,24)14-10-16(19-11-14)18(22)21-8-4-5-9-21/h6-7,10-11,19-20H,4-5,8-9H2,1-3H3. The van der Waals surface area contributed by atoms with Crippen LogP contribution in [-0.4, -0.2) is 44.4 Å². The maximum atomic E-state index is 12.7. The van der Waals surface area contributed by atoms with Crippen LogP contribution >= 0.6 is 0 Å². The number of nitrogens with one attached hydrogen (secondary N) is 2. The average molecular weight is 377 g/mol. The molecular weight excluding hydrogens is 354 g/mol. The van der Waals surface area contributed by atoms with Crippen LogP contribution in [0.5, 0.6) is 5.75 Å². The summed E-state index contributed by atoms with van der Waals surface area (Å²) in [6.07, 6.45) is 3.30. The van der Waals surface area contributed by atoms with Gasteiger partial charge in [-0.25, -0.2) is 8.42 Å². The summed E-state index contributed by atoms with van der Waals surface area (Å²) in [6, 6.07) is 4.88. The molecule has 0 bridgehead atoms. The minimum atomic E-state index is -3.82. The molecule has 2 N–H and O–H groups in total. The zero-order valence-electron chi connectivity index (χ0n) is 15.1. The van der Waals surface area contributed by atoms with Gasteiger partial charge in [0.25, 0.3) is 15.9 Å². The molecule has 1 saturated heterocycles. The van der Waals surface area contributed by atoms with Gasteiger partial charge in [0.15, 0.2) is 0 Å². The Bertz CT molecular complexity index is 928. The molecule has 0 atom stereocenters. The lowest BCUT2D eigenvalue weighted by molar-refractivity contribution is 0.0787. The average Bonchev–Trinajstić information content (AvgIpc) is 3.29. The summed E-state index contributed by atoms with van der Waals surface area (Å²) in [5.41, 5.74) is 2.36. The van der Waals surface area contributed by atoms with Gasteiger partial charge in [0.2, 0.25) is 0 Å². The first kappa shape index (κ1) is 18.3. The van der Waals surface area contributed by atoms with E-state index in [-0.39, 0.29) is 16.5 Å². The number of nitrogens with zero attached hydrogens (tertiary/aromatic N) is 1. The number of carbonyl (C=O) groups is 1. The number of hydrogen-bond donors (Lipinski definition) is 2. The highest BCUT2D eigenvalue weighted by atomic mass is 32.2. The first-order valence-electron chi connectivity index (χ1n) is 8.48. The largest absolute Gasteiger partial charge is 0.496 e. The molecular formula is C18H23N3O4S. The fourth-order valence-electron chi connectivity index (χ4n) is 3.20. The number of hydrogen-bond acceptors (Lipinski definition) is 4. The number of likely N-dealkylation sites (tertiary alicyclic amines) is 1. The van der Waals surface area contributed by atoms with Crippen LogP contribution in [0.15, 0.2) is 29.3 Å². The summed E-state index contributed by atoms with van der Waals surface area (Å²) in [4.78, 5) is 16.9. The number of aromatic nitrogens is 1. The smallest absolute Gasteiger partial charge is 0.270 e. The molecule has 2 aromatic rings. The van der Waals surface area contributed by atoms with Crippen molar-refractivity contribution < 1.29 is 17.9 Å². The molecule has 0 spiro atoms. The molecule has 0 unspecified atom stereocenters. The Morgan fingerprint density at radius 1 is 1.23 bits per heavy atom. The summed E-state index contributed by atoms with van der Waals surface area (Å²) in [7, 11) is -2.27. The topological polar surface area (TPSA) is 91.5 Å². The van der Waals surface area contributed by atoms with Gasteiger partial charge < -0.3 is 14.6 Å². The van der Waals surface area contributed by atoms with E-state index in [4.69, 9.17) is 4.74 Å². The number of sulfonamides is 1.